The first-order chi connectivity index (χ1) is 20.8. The molecule has 218 valence electrons. The van der Waals surface area contributed by atoms with Crippen molar-refractivity contribution in [1.82, 2.24) is 10.4 Å². The zero-order valence-corrected chi connectivity index (χ0v) is 26.8. The summed E-state index contributed by atoms with van der Waals surface area (Å²) in [4.78, 5) is 29.3. The zero-order chi connectivity index (χ0) is 30.5. The Kier molecular flexibility index (Phi) is 9.49. The molecule has 0 aliphatic carbocycles. The summed E-state index contributed by atoms with van der Waals surface area (Å²) < 4.78 is 18.4. The number of fused-ring (bicyclic) bond motifs is 1. The number of amides is 1. The molecule has 5 rings (SSSR count). The van der Waals surface area contributed by atoms with E-state index in [4.69, 9.17) is 25.8 Å². The van der Waals surface area contributed by atoms with Crippen LogP contribution < -0.4 is 19.6 Å². The molecule has 2 N–H and O–H groups in total. The fraction of sp³-hybridized carbons (Fsp3) is 0.0938. The maximum absolute atomic E-state index is 13.5. The predicted molar refractivity (Wildman–Crippen MR) is 175 cm³/mol. The first kappa shape index (κ1) is 30.3. The average Bonchev–Trinajstić information content (AvgIpc) is 3.41. The van der Waals surface area contributed by atoms with Gasteiger partial charge >= 0.3 is 5.97 Å². The Morgan fingerprint density at radius 1 is 0.977 bits per heavy atom. The van der Waals surface area contributed by atoms with Crippen LogP contribution in [-0.2, 0) is 0 Å². The summed E-state index contributed by atoms with van der Waals surface area (Å²) >= 11 is 13.5. The van der Waals surface area contributed by atoms with Gasteiger partial charge in [0.2, 0.25) is 0 Å². The lowest BCUT2D eigenvalue weighted by atomic mass is 10.0. The molecule has 0 saturated heterocycles. The highest BCUT2D eigenvalue weighted by molar-refractivity contribution is 9.11. The van der Waals surface area contributed by atoms with Crippen LogP contribution in [0.1, 0.15) is 33.3 Å². The van der Waals surface area contributed by atoms with E-state index in [2.05, 4.69) is 47.4 Å². The monoisotopic (exact) mass is 723 g/mol. The molecule has 5 aromatic rings. The minimum absolute atomic E-state index is 0.260. The molecule has 4 aromatic carbocycles. The number of nitrogens with one attached hydrogen (secondary N) is 2. The van der Waals surface area contributed by atoms with E-state index in [1.807, 2.05) is 31.2 Å². The van der Waals surface area contributed by atoms with Gasteiger partial charge in [-0.1, -0.05) is 61.7 Å². The number of hydrogen-bond donors (Lipinski definition) is 2. The second-order valence-electron chi connectivity index (χ2n) is 9.09. The smallest absolute Gasteiger partial charge is 0.343 e. The zero-order valence-electron chi connectivity index (χ0n) is 22.9. The summed E-state index contributed by atoms with van der Waals surface area (Å²) in [5, 5.41) is 5.40. The van der Waals surface area contributed by atoms with E-state index in [9.17, 15) is 9.59 Å². The number of hydrazone groups is 1. The Bertz CT molecular complexity index is 1850. The quantitative estimate of drug-likeness (QED) is 0.0688. The summed E-state index contributed by atoms with van der Waals surface area (Å²) in [6.07, 6.45) is 1.47. The van der Waals surface area contributed by atoms with Gasteiger partial charge in [0.25, 0.3) is 5.91 Å². The number of rotatable bonds is 9. The van der Waals surface area contributed by atoms with Gasteiger partial charge in [0.05, 0.1) is 31.0 Å². The number of nitrogens with zero attached hydrogens (tertiary/aromatic N) is 1. The second-order valence-corrected chi connectivity index (χ2v) is 11.3. The van der Waals surface area contributed by atoms with Crippen LogP contribution >= 0.6 is 43.5 Å². The first-order valence-corrected chi connectivity index (χ1v) is 15.0. The molecular formula is C32H24Br2ClN3O5. The van der Waals surface area contributed by atoms with E-state index in [0.29, 0.717) is 50.9 Å². The van der Waals surface area contributed by atoms with Crippen LogP contribution in [0.3, 0.4) is 0 Å². The number of ether oxygens (including phenoxy) is 3. The fourth-order valence-electron chi connectivity index (χ4n) is 4.44. The van der Waals surface area contributed by atoms with Crippen LogP contribution in [0.5, 0.6) is 17.2 Å². The van der Waals surface area contributed by atoms with Crippen LogP contribution in [-0.4, -0.2) is 36.8 Å². The maximum atomic E-state index is 13.5. The largest absolute Gasteiger partial charge is 0.495 e. The van der Waals surface area contributed by atoms with Gasteiger partial charge < -0.3 is 19.2 Å². The highest BCUT2D eigenvalue weighted by atomic mass is 79.9. The molecule has 0 fully saturated rings. The normalized spacial score (nSPS) is 11.1. The van der Waals surface area contributed by atoms with E-state index in [-0.39, 0.29) is 11.4 Å². The molecular weight excluding hydrogens is 702 g/mol. The molecule has 0 bridgehead atoms. The third-order valence-corrected chi connectivity index (χ3v) is 7.91. The molecule has 1 aromatic heterocycles. The van der Waals surface area contributed by atoms with Gasteiger partial charge in [0.1, 0.15) is 11.4 Å². The van der Waals surface area contributed by atoms with Crippen molar-refractivity contribution in [3.05, 3.63) is 110 Å². The van der Waals surface area contributed by atoms with Crippen molar-refractivity contribution in [2.24, 2.45) is 5.10 Å². The average molecular weight is 726 g/mol. The van der Waals surface area contributed by atoms with Crippen molar-refractivity contribution < 1.29 is 23.8 Å². The van der Waals surface area contributed by atoms with Crippen LogP contribution in [0.2, 0.25) is 5.02 Å². The van der Waals surface area contributed by atoms with E-state index in [0.717, 1.165) is 14.3 Å². The van der Waals surface area contributed by atoms with Gasteiger partial charge in [0.15, 0.2) is 11.5 Å². The number of benzene rings is 4. The van der Waals surface area contributed by atoms with Gasteiger partial charge in [-0.2, -0.15) is 5.10 Å². The minimum Gasteiger partial charge on any atom is -0.495 e. The molecule has 0 aliphatic rings. The predicted octanol–water partition coefficient (Wildman–Crippen LogP) is 8.40. The lowest BCUT2D eigenvalue weighted by Gasteiger charge is -2.11. The van der Waals surface area contributed by atoms with Gasteiger partial charge in [-0.05, 0) is 73.2 Å². The van der Waals surface area contributed by atoms with E-state index in [1.54, 1.807) is 61.7 Å². The van der Waals surface area contributed by atoms with Gasteiger partial charge in [-0.25, -0.2) is 10.2 Å². The molecule has 0 saturated carbocycles. The van der Waals surface area contributed by atoms with E-state index in [1.165, 1.54) is 6.21 Å². The number of H-pyrrole nitrogens is 1. The number of esters is 1. The topological polar surface area (TPSA) is 102 Å². The maximum Gasteiger partial charge on any atom is 0.343 e. The summed E-state index contributed by atoms with van der Waals surface area (Å²) in [6, 6.07) is 22.8. The molecule has 0 unspecified atom stereocenters. The Morgan fingerprint density at radius 2 is 1.72 bits per heavy atom. The van der Waals surface area contributed by atoms with Crippen molar-refractivity contribution in [2.75, 3.05) is 13.7 Å². The summed E-state index contributed by atoms with van der Waals surface area (Å²) in [5.41, 5.74) is 5.77. The molecule has 0 atom stereocenters. The number of carbonyl (C=O) groups excluding carboxylic acids is 2. The third-order valence-electron chi connectivity index (χ3n) is 6.39. The highest BCUT2D eigenvalue weighted by Crippen LogP contribution is 2.43. The van der Waals surface area contributed by atoms with Crippen LogP contribution in [0, 0.1) is 0 Å². The first-order valence-electron chi connectivity index (χ1n) is 13.0. The van der Waals surface area contributed by atoms with Crippen LogP contribution in [0.25, 0.3) is 22.0 Å². The standard InChI is InChI=1S/C32H24Br2ClN3O5/c1-3-42-26-16-18(8-14-24(26)43-32(40)19-9-11-20(33)12-10-19)17-36-38-31(39)30-27(21-6-4-5-7-23(21)35)28-22(34)13-15-25(41-2)29(28)37-30/h4-17,37H,3H2,1-2H3,(H,38,39). The molecule has 11 heteroatoms. The Hall–Kier alpha value is -4.12. The van der Waals surface area contributed by atoms with Gasteiger partial charge in [0, 0.05) is 30.5 Å². The lowest BCUT2D eigenvalue weighted by Crippen LogP contribution is -2.19. The SMILES string of the molecule is CCOc1cc(C=NNC(=O)c2[nH]c3c(OC)ccc(Br)c3c2-c2ccccc2Cl)ccc1OC(=O)c1ccc(Br)cc1. The van der Waals surface area contributed by atoms with Gasteiger partial charge in [-0.15, -0.1) is 0 Å². The molecule has 0 radical (unpaired) electrons. The van der Waals surface area contributed by atoms with Gasteiger partial charge in [-0.3, -0.25) is 4.79 Å². The van der Waals surface area contributed by atoms with Crippen molar-refractivity contribution in [2.45, 2.75) is 6.92 Å². The van der Waals surface area contributed by atoms with E-state index < -0.39 is 11.9 Å². The minimum atomic E-state index is -0.516. The molecule has 0 spiro atoms. The Morgan fingerprint density at radius 3 is 2.44 bits per heavy atom. The Labute approximate surface area is 269 Å². The number of aromatic amines is 1. The van der Waals surface area contributed by atoms with E-state index >= 15 is 0 Å². The number of methoxy groups -OCH3 is 1. The highest BCUT2D eigenvalue weighted by Gasteiger charge is 2.24. The van der Waals surface area contributed by atoms with Crippen molar-refractivity contribution in [1.29, 1.82) is 0 Å². The summed E-state index contributed by atoms with van der Waals surface area (Å²) in [6.45, 7) is 2.18. The Balaban J connectivity index is 1.41. The van der Waals surface area contributed by atoms with Crippen molar-refractivity contribution >= 4 is 72.5 Å². The number of aromatic nitrogens is 1. The number of halogens is 3. The third kappa shape index (κ3) is 6.61. The van der Waals surface area contributed by atoms with Crippen molar-refractivity contribution in [3.63, 3.8) is 0 Å². The van der Waals surface area contributed by atoms with Crippen LogP contribution in [0.4, 0.5) is 0 Å². The fourth-order valence-corrected chi connectivity index (χ4v) is 5.46. The molecule has 0 aliphatic heterocycles. The molecule has 1 heterocycles. The van der Waals surface area contributed by atoms with Crippen LogP contribution in [0.15, 0.2) is 92.9 Å². The number of carbonyl (C=O) groups is 2. The summed E-state index contributed by atoms with van der Waals surface area (Å²) in [7, 11) is 1.56. The second kappa shape index (κ2) is 13.5. The van der Waals surface area contributed by atoms with Crippen molar-refractivity contribution in [3.8, 4) is 28.4 Å². The molecule has 8 nitrogen and oxygen atoms in total. The number of hydrogen-bond acceptors (Lipinski definition) is 6. The lowest BCUT2D eigenvalue weighted by molar-refractivity contribution is 0.0728. The molecule has 43 heavy (non-hydrogen) atoms. The summed E-state index contributed by atoms with van der Waals surface area (Å²) in [5.74, 6) is 0.188. The molecule has 1 amide bonds.